The molecule has 1 aliphatic rings. The van der Waals surface area contributed by atoms with Gasteiger partial charge < -0.3 is 14.6 Å². The molecule has 1 N–H and O–H groups in total. The van der Waals surface area contributed by atoms with Crippen molar-refractivity contribution in [3.05, 3.63) is 23.3 Å². The van der Waals surface area contributed by atoms with Crippen LogP contribution in [0.3, 0.4) is 0 Å². The van der Waals surface area contributed by atoms with E-state index in [1.54, 1.807) is 14.2 Å². The molecule has 3 heteroatoms. The van der Waals surface area contributed by atoms with Crippen molar-refractivity contribution in [1.82, 2.24) is 0 Å². The van der Waals surface area contributed by atoms with Gasteiger partial charge in [0.05, 0.1) is 19.8 Å². The molecular formula is C13H18O3. The molecule has 0 heterocycles. The summed E-state index contributed by atoms with van der Waals surface area (Å²) in [5.41, 5.74) is 1.51. The second-order valence-corrected chi connectivity index (χ2v) is 4.25. The van der Waals surface area contributed by atoms with E-state index in [0.717, 1.165) is 36.1 Å². The van der Waals surface area contributed by atoms with Crippen molar-refractivity contribution in [2.24, 2.45) is 0 Å². The Morgan fingerprint density at radius 3 is 2.19 bits per heavy atom. The van der Waals surface area contributed by atoms with Crippen LogP contribution in [0.2, 0.25) is 0 Å². The standard InChI is InChI=1S/C13H18O3/c1-4-9-7-11(15-2)12(16-3)8-10(9)13(14)5-6-13/h7-8,14H,4-6H2,1-3H3. The highest BCUT2D eigenvalue weighted by molar-refractivity contribution is 5.50. The van der Waals surface area contributed by atoms with Gasteiger partial charge in [0.2, 0.25) is 0 Å². The molecule has 88 valence electrons. The van der Waals surface area contributed by atoms with E-state index >= 15 is 0 Å². The highest BCUT2D eigenvalue weighted by atomic mass is 16.5. The number of hydrogen-bond donors (Lipinski definition) is 1. The first-order chi connectivity index (χ1) is 7.64. The third kappa shape index (κ3) is 1.76. The molecule has 0 bridgehead atoms. The average Bonchev–Trinajstić information content (AvgIpc) is 3.06. The molecule has 0 amide bonds. The largest absolute Gasteiger partial charge is 0.493 e. The summed E-state index contributed by atoms with van der Waals surface area (Å²) < 4.78 is 10.5. The van der Waals surface area contributed by atoms with Gasteiger partial charge in [-0.1, -0.05) is 6.92 Å². The lowest BCUT2D eigenvalue weighted by molar-refractivity contribution is 0.150. The van der Waals surface area contributed by atoms with Gasteiger partial charge in [-0.05, 0) is 42.5 Å². The molecule has 16 heavy (non-hydrogen) atoms. The average molecular weight is 222 g/mol. The molecule has 1 saturated carbocycles. The number of aryl methyl sites for hydroxylation is 1. The van der Waals surface area contributed by atoms with Gasteiger partial charge in [0.1, 0.15) is 0 Å². The molecule has 0 saturated heterocycles. The maximum atomic E-state index is 10.2. The van der Waals surface area contributed by atoms with Crippen LogP contribution in [0.1, 0.15) is 30.9 Å². The highest BCUT2D eigenvalue weighted by Gasteiger charge is 2.43. The van der Waals surface area contributed by atoms with Crippen LogP contribution in [0.4, 0.5) is 0 Å². The zero-order chi connectivity index (χ0) is 11.8. The minimum atomic E-state index is -0.620. The normalized spacial score (nSPS) is 17.0. The maximum absolute atomic E-state index is 10.2. The third-order valence-electron chi connectivity index (χ3n) is 3.22. The topological polar surface area (TPSA) is 38.7 Å². The Morgan fingerprint density at radius 1 is 1.19 bits per heavy atom. The van der Waals surface area contributed by atoms with Gasteiger partial charge in [-0.15, -0.1) is 0 Å². The molecule has 0 spiro atoms. The van der Waals surface area contributed by atoms with Crippen LogP contribution in [-0.2, 0) is 12.0 Å². The number of aliphatic hydroxyl groups is 1. The van der Waals surface area contributed by atoms with Crippen molar-refractivity contribution in [3.8, 4) is 11.5 Å². The molecule has 0 atom stereocenters. The van der Waals surface area contributed by atoms with Crippen LogP contribution < -0.4 is 9.47 Å². The molecule has 1 fully saturated rings. The zero-order valence-electron chi connectivity index (χ0n) is 10.0. The Kier molecular flexibility index (Phi) is 2.80. The Bertz CT molecular complexity index is 394. The quantitative estimate of drug-likeness (QED) is 0.849. The van der Waals surface area contributed by atoms with Crippen molar-refractivity contribution in [2.75, 3.05) is 14.2 Å². The molecule has 3 nitrogen and oxygen atoms in total. The number of methoxy groups -OCH3 is 2. The summed E-state index contributed by atoms with van der Waals surface area (Å²) in [6, 6.07) is 3.87. The molecule has 0 radical (unpaired) electrons. The predicted molar refractivity (Wildman–Crippen MR) is 62.1 cm³/mol. The van der Waals surface area contributed by atoms with Crippen molar-refractivity contribution in [3.63, 3.8) is 0 Å². The second-order valence-electron chi connectivity index (χ2n) is 4.25. The van der Waals surface area contributed by atoms with Gasteiger partial charge in [-0.25, -0.2) is 0 Å². The number of hydrogen-bond acceptors (Lipinski definition) is 3. The van der Waals surface area contributed by atoms with Crippen LogP contribution in [0.15, 0.2) is 12.1 Å². The van der Waals surface area contributed by atoms with Crippen LogP contribution in [-0.4, -0.2) is 19.3 Å². The van der Waals surface area contributed by atoms with E-state index < -0.39 is 5.60 Å². The fraction of sp³-hybridized carbons (Fsp3) is 0.538. The lowest BCUT2D eigenvalue weighted by atomic mass is 9.98. The van der Waals surface area contributed by atoms with Crippen molar-refractivity contribution in [2.45, 2.75) is 31.8 Å². The molecule has 1 aliphatic carbocycles. The van der Waals surface area contributed by atoms with E-state index in [-0.39, 0.29) is 0 Å². The molecule has 2 rings (SSSR count). The SMILES string of the molecule is CCc1cc(OC)c(OC)cc1C1(O)CC1. The molecular weight excluding hydrogens is 204 g/mol. The van der Waals surface area contributed by atoms with Crippen molar-refractivity contribution >= 4 is 0 Å². The van der Waals surface area contributed by atoms with E-state index in [1.807, 2.05) is 12.1 Å². The monoisotopic (exact) mass is 222 g/mol. The fourth-order valence-corrected chi connectivity index (χ4v) is 2.03. The summed E-state index contributed by atoms with van der Waals surface area (Å²) >= 11 is 0. The Labute approximate surface area is 96.0 Å². The summed E-state index contributed by atoms with van der Waals surface area (Å²) in [6.07, 6.45) is 2.57. The van der Waals surface area contributed by atoms with Gasteiger partial charge in [-0.3, -0.25) is 0 Å². The van der Waals surface area contributed by atoms with Gasteiger partial charge in [0, 0.05) is 0 Å². The smallest absolute Gasteiger partial charge is 0.161 e. The molecule has 1 aromatic rings. The van der Waals surface area contributed by atoms with Crippen molar-refractivity contribution in [1.29, 1.82) is 0 Å². The van der Waals surface area contributed by atoms with Crippen LogP contribution >= 0.6 is 0 Å². The zero-order valence-corrected chi connectivity index (χ0v) is 10.0. The van der Waals surface area contributed by atoms with Gasteiger partial charge in [-0.2, -0.15) is 0 Å². The third-order valence-corrected chi connectivity index (χ3v) is 3.22. The van der Waals surface area contributed by atoms with Gasteiger partial charge in [0.25, 0.3) is 0 Å². The Hall–Kier alpha value is -1.22. The van der Waals surface area contributed by atoms with Crippen LogP contribution in [0, 0.1) is 0 Å². The minimum absolute atomic E-state index is 0.620. The van der Waals surface area contributed by atoms with E-state index in [4.69, 9.17) is 9.47 Å². The molecule has 0 aromatic heterocycles. The molecule has 1 aromatic carbocycles. The van der Waals surface area contributed by atoms with Gasteiger partial charge >= 0.3 is 0 Å². The fourth-order valence-electron chi connectivity index (χ4n) is 2.03. The second kappa shape index (κ2) is 3.98. The summed E-state index contributed by atoms with van der Waals surface area (Å²) in [5.74, 6) is 1.42. The lowest BCUT2D eigenvalue weighted by Gasteiger charge is -2.17. The summed E-state index contributed by atoms with van der Waals surface area (Å²) in [7, 11) is 3.24. The molecule has 0 aliphatic heterocycles. The number of rotatable bonds is 4. The van der Waals surface area contributed by atoms with Crippen LogP contribution in [0.5, 0.6) is 11.5 Å². The highest BCUT2D eigenvalue weighted by Crippen LogP contribution is 2.49. The maximum Gasteiger partial charge on any atom is 0.161 e. The van der Waals surface area contributed by atoms with Crippen LogP contribution in [0.25, 0.3) is 0 Å². The molecule has 0 unspecified atom stereocenters. The van der Waals surface area contributed by atoms with E-state index in [0.29, 0.717) is 5.75 Å². The first-order valence-electron chi connectivity index (χ1n) is 5.62. The Morgan fingerprint density at radius 2 is 1.75 bits per heavy atom. The summed E-state index contributed by atoms with van der Waals surface area (Å²) in [4.78, 5) is 0. The predicted octanol–water partition coefficient (Wildman–Crippen LogP) is 2.25. The number of benzene rings is 1. The van der Waals surface area contributed by atoms with E-state index in [9.17, 15) is 5.11 Å². The van der Waals surface area contributed by atoms with E-state index in [2.05, 4.69) is 6.92 Å². The number of ether oxygens (including phenoxy) is 2. The van der Waals surface area contributed by atoms with E-state index in [1.165, 1.54) is 0 Å². The van der Waals surface area contributed by atoms with Gasteiger partial charge in [0.15, 0.2) is 11.5 Å². The first kappa shape index (κ1) is 11.3. The Balaban J connectivity index is 2.51. The minimum Gasteiger partial charge on any atom is -0.493 e. The summed E-state index contributed by atoms with van der Waals surface area (Å²) in [6.45, 7) is 2.08. The first-order valence-corrected chi connectivity index (χ1v) is 5.62. The van der Waals surface area contributed by atoms with Crippen molar-refractivity contribution < 1.29 is 14.6 Å². The lowest BCUT2D eigenvalue weighted by Crippen LogP contribution is -2.09. The summed E-state index contributed by atoms with van der Waals surface area (Å²) in [5, 5.41) is 10.2.